The summed E-state index contributed by atoms with van der Waals surface area (Å²) in [5, 5.41) is 4.59. The Labute approximate surface area is 194 Å². The molecule has 2 aromatic heterocycles. The van der Waals surface area contributed by atoms with Crippen LogP contribution in [0, 0.1) is 6.92 Å². The summed E-state index contributed by atoms with van der Waals surface area (Å²) in [7, 11) is 1.88. The number of rotatable bonds is 8. The zero-order valence-electron chi connectivity index (χ0n) is 19.2. The first-order chi connectivity index (χ1) is 15.6. The molecule has 1 saturated heterocycles. The highest BCUT2D eigenvalue weighted by atomic mass is 32.1. The van der Waals surface area contributed by atoms with Crippen molar-refractivity contribution in [3.63, 3.8) is 0 Å². The maximum atomic E-state index is 13.0. The highest BCUT2D eigenvalue weighted by molar-refractivity contribution is 7.20. The quantitative estimate of drug-likeness (QED) is 0.519. The number of hydrogen-bond donors (Lipinski definition) is 1. The first-order valence-corrected chi connectivity index (χ1v) is 12.2. The molecule has 1 amide bonds. The molecule has 0 saturated carbocycles. The van der Waals surface area contributed by atoms with Gasteiger partial charge >= 0.3 is 0 Å². The summed E-state index contributed by atoms with van der Waals surface area (Å²) >= 11 is 1.46. The summed E-state index contributed by atoms with van der Waals surface area (Å²) in [6, 6.07) is 10.7. The number of carbonyl (C=O) groups is 1. The van der Waals surface area contributed by atoms with Gasteiger partial charge in [-0.2, -0.15) is 0 Å². The van der Waals surface area contributed by atoms with Gasteiger partial charge in [-0.1, -0.05) is 43.7 Å². The van der Waals surface area contributed by atoms with Crippen LogP contribution in [-0.2, 0) is 10.2 Å². The van der Waals surface area contributed by atoms with Crippen molar-refractivity contribution in [2.45, 2.75) is 44.9 Å². The molecule has 1 aliphatic heterocycles. The molecule has 0 aliphatic carbocycles. The normalized spacial score (nSPS) is 15.6. The summed E-state index contributed by atoms with van der Waals surface area (Å²) in [4.78, 5) is 25.5. The van der Waals surface area contributed by atoms with E-state index < -0.39 is 0 Å². The second-order valence-corrected chi connectivity index (χ2v) is 9.65. The largest absolute Gasteiger partial charge is 0.381 e. The van der Waals surface area contributed by atoms with E-state index in [1.165, 1.54) is 16.9 Å². The van der Waals surface area contributed by atoms with E-state index in [9.17, 15) is 4.79 Å². The fourth-order valence-corrected chi connectivity index (χ4v) is 5.60. The molecule has 4 rings (SSSR count). The fourth-order valence-electron chi connectivity index (χ4n) is 4.45. The van der Waals surface area contributed by atoms with E-state index in [0.29, 0.717) is 0 Å². The van der Waals surface area contributed by atoms with Gasteiger partial charge in [0.1, 0.15) is 17.0 Å². The first kappa shape index (κ1) is 22.7. The zero-order valence-corrected chi connectivity index (χ0v) is 20.0. The van der Waals surface area contributed by atoms with Crippen LogP contribution in [0.3, 0.4) is 0 Å². The lowest BCUT2D eigenvalue weighted by atomic mass is 9.74. The highest BCUT2D eigenvalue weighted by Crippen LogP contribution is 2.37. The number of nitrogens with one attached hydrogen (secondary N) is 1. The van der Waals surface area contributed by atoms with Crippen LogP contribution in [0.25, 0.3) is 10.2 Å². The van der Waals surface area contributed by atoms with Gasteiger partial charge in [0, 0.05) is 38.8 Å². The Bertz CT molecular complexity index is 1060. The van der Waals surface area contributed by atoms with Crippen LogP contribution in [0.5, 0.6) is 0 Å². The lowest BCUT2D eigenvalue weighted by Crippen LogP contribution is -2.40. The minimum atomic E-state index is -0.000269. The molecule has 7 heteroatoms. The first-order valence-electron chi connectivity index (χ1n) is 11.4. The Kier molecular flexibility index (Phi) is 7.06. The molecular weight excluding hydrogens is 420 g/mol. The number of thiophene rings is 1. The molecular formula is C25H32N4O2S. The van der Waals surface area contributed by atoms with Crippen LogP contribution in [0.15, 0.2) is 36.7 Å². The average molecular weight is 453 g/mol. The van der Waals surface area contributed by atoms with Crippen LogP contribution < -0.4 is 5.32 Å². The van der Waals surface area contributed by atoms with Crippen LogP contribution in [0.2, 0.25) is 0 Å². The SMILES string of the molecule is CCCCN(C)C(=O)c1sc2ncnc(NCC3(c4ccccc4)CCOCC3)c2c1C. The van der Waals surface area contributed by atoms with Gasteiger partial charge in [0.05, 0.1) is 10.3 Å². The van der Waals surface area contributed by atoms with E-state index in [4.69, 9.17) is 4.74 Å². The predicted octanol–water partition coefficient (Wildman–Crippen LogP) is 5.03. The third-order valence-corrected chi connectivity index (χ3v) is 7.73. The molecule has 32 heavy (non-hydrogen) atoms. The third-order valence-electron chi connectivity index (χ3n) is 6.55. The molecule has 0 atom stereocenters. The second-order valence-electron chi connectivity index (χ2n) is 8.65. The number of fused-ring (bicyclic) bond motifs is 1. The maximum absolute atomic E-state index is 13.0. The molecule has 1 aliphatic rings. The minimum absolute atomic E-state index is 0.000269. The third kappa shape index (κ3) is 4.50. The van der Waals surface area contributed by atoms with Gasteiger partial charge in [0.25, 0.3) is 5.91 Å². The van der Waals surface area contributed by atoms with Crippen molar-refractivity contribution in [2.24, 2.45) is 0 Å². The highest BCUT2D eigenvalue weighted by Gasteiger charge is 2.34. The summed E-state index contributed by atoms with van der Waals surface area (Å²) in [6.45, 7) is 7.20. The van der Waals surface area contributed by atoms with Crippen molar-refractivity contribution >= 4 is 33.3 Å². The molecule has 1 N–H and O–H groups in total. The van der Waals surface area contributed by atoms with Crippen molar-refractivity contribution < 1.29 is 9.53 Å². The van der Waals surface area contributed by atoms with Gasteiger partial charge in [0.15, 0.2) is 0 Å². The molecule has 0 radical (unpaired) electrons. The van der Waals surface area contributed by atoms with Crippen LogP contribution in [-0.4, -0.2) is 54.1 Å². The van der Waals surface area contributed by atoms with E-state index in [1.807, 2.05) is 18.9 Å². The van der Waals surface area contributed by atoms with E-state index in [1.54, 1.807) is 6.33 Å². The topological polar surface area (TPSA) is 67.4 Å². The number of amides is 1. The Morgan fingerprint density at radius 3 is 2.69 bits per heavy atom. The summed E-state index contributed by atoms with van der Waals surface area (Å²) < 4.78 is 5.67. The molecule has 3 heterocycles. The van der Waals surface area contributed by atoms with Crippen molar-refractivity contribution in [3.05, 3.63) is 52.7 Å². The molecule has 3 aromatic rings. The molecule has 0 bridgehead atoms. The van der Waals surface area contributed by atoms with E-state index >= 15 is 0 Å². The van der Waals surface area contributed by atoms with Gasteiger partial charge in [0.2, 0.25) is 0 Å². The Morgan fingerprint density at radius 1 is 1.22 bits per heavy atom. The van der Waals surface area contributed by atoms with E-state index in [0.717, 1.165) is 78.5 Å². The second kappa shape index (κ2) is 9.96. The fraction of sp³-hybridized carbons (Fsp3) is 0.480. The Morgan fingerprint density at radius 2 is 1.97 bits per heavy atom. The number of aryl methyl sites for hydroxylation is 1. The number of anilines is 1. The maximum Gasteiger partial charge on any atom is 0.264 e. The number of benzene rings is 1. The summed E-state index contributed by atoms with van der Waals surface area (Å²) in [6.07, 6.45) is 5.59. The molecule has 6 nitrogen and oxygen atoms in total. The molecule has 170 valence electrons. The molecule has 0 spiro atoms. The van der Waals surface area contributed by atoms with Gasteiger partial charge in [-0.15, -0.1) is 11.3 Å². The van der Waals surface area contributed by atoms with Crippen LogP contribution >= 0.6 is 11.3 Å². The van der Waals surface area contributed by atoms with Crippen LogP contribution in [0.1, 0.15) is 53.4 Å². The van der Waals surface area contributed by atoms with Crippen molar-refractivity contribution in [2.75, 3.05) is 38.7 Å². The average Bonchev–Trinajstić information content (AvgIpc) is 3.18. The van der Waals surface area contributed by atoms with Crippen molar-refractivity contribution in [1.82, 2.24) is 14.9 Å². The number of aromatic nitrogens is 2. The number of unbranched alkanes of at least 4 members (excludes halogenated alkanes) is 1. The minimum Gasteiger partial charge on any atom is -0.381 e. The van der Waals surface area contributed by atoms with Crippen molar-refractivity contribution in [1.29, 1.82) is 0 Å². The lowest BCUT2D eigenvalue weighted by molar-refractivity contribution is 0.0543. The van der Waals surface area contributed by atoms with Crippen molar-refractivity contribution in [3.8, 4) is 0 Å². The Balaban J connectivity index is 1.62. The Hall–Kier alpha value is -2.51. The predicted molar refractivity (Wildman–Crippen MR) is 131 cm³/mol. The summed E-state index contributed by atoms with van der Waals surface area (Å²) in [5.74, 6) is 0.871. The van der Waals surface area contributed by atoms with E-state index in [-0.39, 0.29) is 11.3 Å². The van der Waals surface area contributed by atoms with Gasteiger partial charge < -0.3 is 15.0 Å². The molecule has 1 aromatic carbocycles. The van der Waals surface area contributed by atoms with E-state index in [2.05, 4.69) is 52.5 Å². The smallest absolute Gasteiger partial charge is 0.264 e. The number of hydrogen-bond acceptors (Lipinski definition) is 6. The zero-order chi connectivity index (χ0) is 22.6. The number of nitrogens with zero attached hydrogens (tertiary/aromatic N) is 3. The monoisotopic (exact) mass is 452 g/mol. The van der Waals surface area contributed by atoms with Crippen LogP contribution in [0.4, 0.5) is 5.82 Å². The van der Waals surface area contributed by atoms with Gasteiger partial charge in [-0.05, 0) is 37.3 Å². The standard InChI is InChI=1S/C25H32N4O2S/c1-4-5-13-29(3)24(30)21-18(2)20-22(27-17-28-23(20)32-21)26-16-25(11-14-31-15-12-25)19-9-7-6-8-10-19/h6-10,17H,4-5,11-16H2,1-3H3,(H,26,27,28). The summed E-state index contributed by atoms with van der Waals surface area (Å²) in [5.41, 5.74) is 2.29. The van der Waals surface area contributed by atoms with Gasteiger partial charge in [-0.3, -0.25) is 4.79 Å². The molecule has 0 unspecified atom stereocenters. The number of carbonyl (C=O) groups excluding carboxylic acids is 1. The number of ether oxygens (including phenoxy) is 1. The lowest BCUT2D eigenvalue weighted by Gasteiger charge is -2.38. The van der Waals surface area contributed by atoms with Gasteiger partial charge in [-0.25, -0.2) is 9.97 Å². The molecule has 1 fully saturated rings.